The molecule has 0 aromatic heterocycles. The number of carbonyl (C=O) groups is 2. The van der Waals surface area contributed by atoms with Crippen molar-refractivity contribution in [1.82, 2.24) is 0 Å². The number of carbonyl (C=O) groups excluding carboxylic acids is 2. The highest BCUT2D eigenvalue weighted by molar-refractivity contribution is 6.03. The van der Waals surface area contributed by atoms with Gasteiger partial charge in [0, 0.05) is 24.7 Å². The van der Waals surface area contributed by atoms with Gasteiger partial charge in [-0.1, -0.05) is 0 Å². The van der Waals surface area contributed by atoms with E-state index in [1.165, 1.54) is 0 Å². The first-order valence-corrected chi connectivity index (χ1v) is 5.76. The van der Waals surface area contributed by atoms with Crippen molar-refractivity contribution in [2.45, 2.75) is 19.3 Å². The fraction of sp³-hybridized carbons (Fsp3) is 0.385. The highest BCUT2D eigenvalue weighted by Gasteiger charge is 2.24. The van der Waals surface area contributed by atoms with Gasteiger partial charge in [-0.15, -0.1) is 0 Å². The Hall–Kier alpha value is -1.68. The summed E-state index contributed by atoms with van der Waals surface area (Å²) in [6.45, 7) is 0.526. The average Bonchev–Trinajstić information content (AvgIpc) is 2.61. The zero-order chi connectivity index (χ0) is 12.4. The number of hydrogen-bond donors (Lipinski definition) is 1. The molecule has 17 heavy (non-hydrogen) atoms. The summed E-state index contributed by atoms with van der Waals surface area (Å²) in [5.74, 6) is 0.173. The summed E-state index contributed by atoms with van der Waals surface area (Å²) in [5, 5.41) is 0. The Bertz CT molecular complexity index is 468. The molecule has 1 heterocycles. The van der Waals surface area contributed by atoms with Crippen LogP contribution >= 0.6 is 0 Å². The number of anilines is 1. The van der Waals surface area contributed by atoms with E-state index < -0.39 is 0 Å². The Labute approximate surface area is 100 Å². The van der Waals surface area contributed by atoms with Gasteiger partial charge in [0.2, 0.25) is 5.91 Å². The van der Waals surface area contributed by atoms with Crippen molar-refractivity contribution in [1.29, 1.82) is 0 Å². The largest absolute Gasteiger partial charge is 0.330 e. The number of nitrogens with two attached hydrogens (primary N) is 1. The molecule has 0 saturated heterocycles. The quantitative estimate of drug-likeness (QED) is 0.791. The molecule has 1 aliphatic heterocycles. The average molecular weight is 232 g/mol. The van der Waals surface area contributed by atoms with Crippen molar-refractivity contribution in [2.24, 2.45) is 5.73 Å². The van der Waals surface area contributed by atoms with Crippen molar-refractivity contribution in [2.75, 3.05) is 18.5 Å². The third-order valence-corrected chi connectivity index (χ3v) is 3.09. The number of likely N-dealkylation sites (N-methyl/N-ethyl adjacent to an activating group) is 1. The molecule has 0 spiro atoms. The van der Waals surface area contributed by atoms with Gasteiger partial charge in [0.15, 0.2) is 5.78 Å². The highest BCUT2D eigenvalue weighted by atomic mass is 16.2. The molecule has 0 atom stereocenters. The van der Waals surface area contributed by atoms with Gasteiger partial charge in [0.25, 0.3) is 0 Å². The summed E-state index contributed by atoms with van der Waals surface area (Å²) in [4.78, 5) is 24.9. The van der Waals surface area contributed by atoms with E-state index in [0.29, 0.717) is 31.4 Å². The van der Waals surface area contributed by atoms with Crippen molar-refractivity contribution in [3.63, 3.8) is 0 Å². The molecule has 0 radical (unpaired) electrons. The minimum atomic E-state index is 0.0755. The normalized spacial score (nSPS) is 14.0. The van der Waals surface area contributed by atoms with Crippen LogP contribution in [-0.4, -0.2) is 25.3 Å². The Morgan fingerprint density at radius 1 is 1.47 bits per heavy atom. The molecule has 0 aliphatic carbocycles. The van der Waals surface area contributed by atoms with Gasteiger partial charge in [-0.3, -0.25) is 9.59 Å². The van der Waals surface area contributed by atoms with Gasteiger partial charge in [0.05, 0.1) is 6.42 Å². The molecule has 4 heteroatoms. The fourth-order valence-corrected chi connectivity index (χ4v) is 2.05. The van der Waals surface area contributed by atoms with E-state index in [2.05, 4.69) is 0 Å². The van der Waals surface area contributed by atoms with E-state index in [0.717, 1.165) is 11.3 Å². The molecule has 0 bridgehead atoms. The highest BCUT2D eigenvalue weighted by Crippen LogP contribution is 2.28. The molecule has 0 saturated carbocycles. The summed E-state index contributed by atoms with van der Waals surface area (Å²) in [5.41, 5.74) is 7.91. The number of nitrogens with zero attached hydrogens (tertiary/aromatic N) is 1. The lowest BCUT2D eigenvalue weighted by Gasteiger charge is -2.10. The molecule has 0 fully saturated rings. The first-order chi connectivity index (χ1) is 8.13. The van der Waals surface area contributed by atoms with E-state index in [1.54, 1.807) is 18.0 Å². The lowest BCUT2D eigenvalue weighted by atomic mass is 10.0. The van der Waals surface area contributed by atoms with Gasteiger partial charge in [0.1, 0.15) is 0 Å². The van der Waals surface area contributed by atoms with E-state index in [4.69, 9.17) is 5.73 Å². The zero-order valence-electron chi connectivity index (χ0n) is 9.90. The number of Topliss-reactive ketones (excluding diaryl/α,β-unsaturated/α-hetero) is 1. The second-order valence-electron chi connectivity index (χ2n) is 4.29. The molecule has 0 unspecified atom stereocenters. The molecule has 90 valence electrons. The van der Waals surface area contributed by atoms with Crippen LogP contribution < -0.4 is 10.6 Å². The first kappa shape index (κ1) is 11.8. The Morgan fingerprint density at radius 3 is 2.94 bits per heavy atom. The standard InChI is InChI=1S/C13H16N2O2/c1-15-11-5-4-9(12(16)3-2-6-14)7-10(11)8-13(15)17/h4-5,7H,2-3,6,8,14H2,1H3. The summed E-state index contributed by atoms with van der Waals surface area (Å²) >= 11 is 0. The number of hydrogen-bond acceptors (Lipinski definition) is 3. The third kappa shape index (κ3) is 2.22. The lowest BCUT2D eigenvalue weighted by molar-refractivity contribution is -0.117. The smallest absolute Gasteiger partial charge is 0.231 e. The van der Waals surface area contributed by atoms with Crippen LogP contribution in [-0.2, 0) is 11.2 Å². The van der Waals surface area contributed by atoms with Crippen LogP contribution in [0, 0.1) is 0 Å². The zero-order valence-corrected chi connectivity index (χ0v) is 9.90. The summed E-state index contributed by atoms with van der Waals surface area (Å²) in [7, 11) is 1.75. The fourth-order valence-electron chi connectivity index (χ4n) is 2.05. The second-order valence-corrected chi connectivity index (χ2v) is 4.29. The topological polar surface area (TPSA) is 63.4 Å². The van der Waals surface area contributed by atoms with Crippen molar-refractivity contribution >= 4 is 17.4 Å². The minimum Gasteiger partial charge on any atom is -0.330 e. The van der Waals surface area contributed by atoms with Crippen LogP contribution in [0.1, 0.15) is 28.8 Å². The van der Waals surface area contributed by atoms with Crippen molar-refractivity contribution in [3.8, 4) is 0 Å². The van der Waals surface area contributed by atoms with E-state index in [-0.39, 0.29) is 11.7 Å². The van der Waals surface area contributed by atoms with Crippen molar-refractivity contribution < 1.29 is 9.59 Å². The maximum absolute atomic E-state index is 11.8. The molecule has 4 nitrogen and oxygen atoms in total. The van der Waals surface area contributed by atoms with Gasteiger partial charge in [-0.05, 0) is 36.7 Å². The number of fused-ring (bicyclic) bond motifs is 1. The molecule has 1 aromatic rings. The molecule has 1 aromatic carbocycles. The second kappa shape index (κ2) is 4.67. The van der Waals surface area contributed by atoms with Crippen LogP contribution in [0.4, 0.5) is 5.69 Å². The summed E-state index contributed by atoms with van der Waals surface area (Å²) in [6, 6.07) is 5.46. The predicted molar refractivity (Wildman–Crippen MR) is 66.2 cm³/mol. The van der Waals surface area contributed by atoms with Crippen LogP contribution in [0.2, 0.25) is 0 Å². The molecule has 1 aliphatic rings. The number of rotatable bonds is 4. The van der Waals surface area contributed by atoms with E-state index in [9.17, 15) is 9.59 Å². The van der Waals surface area contributed by atoms with Crippen LogP contribution in [0.3, 0.4) is 0 Å². The molecule has 2 N–H and O–H groups in total. The van der Waals surface area contributed by atoms with Gasteiger partial charge < -0.3 is 10.6 Å². The Balaban J connectivity index is 2.21. The monoisotopic (exact) mass is 232 g/mol. The molecular formula is C13H16N2O2. The third-order valence-electron chi connectivity index (χ3n) is 3.09. The predicted octanol–water partition coefficient (Wildman–Crippen LogP) is 1.13. The maximum Gasteiger partial charge on any atom is 0.231 e. The van der Waals surface area contributed by atoms with Crippen LogP contribution in [0.25, 0.3) is 0 Å². The number of benzene rings is 1. The van der Waals surface area contributed by atoms with Crippen LogP contribution in [0.5, 0.6) is 0 Å². The van der Waals surface area contributed by atoms with Gasteiger partial charge in [-0.2, -0.15) is 0 Å². The molecule has 2 rings (SSSR count). The van der Waals surface area contributed by atoms with Gasteiger partial charge in [-0.25, -0.2) is 0 Å². The molecular weight excluding hydrogens is 216 g/mol. The van der Waals surface area contributed by atoms with E-state index in [1.807, 2.05) is 12.1 Å². The first-order valence-electron chi connectivity index (χ1n) is 5.76. The summed E-state index contributed by atoms with van der Waals surface area (Å²) < 4.78 is 0. The summed E-state index contributed by atoms with van der Waals surface area (Å²) in [6.07, 6.45) is 1.57. The van der Waals surface area contributed by atoms with Gasteiger partial charge >= 0.3 is 0 Å². The lowest BCUT2D eigenvalue weighted by Crippen LogP contribution is -2.20. The van der Waals surface area contributed by atoms with Crippen molar-refractivity contribution in [3.05, 3.63) is 29.3 Å². The molecule has 1 amide bonds. The number of ketones is 1. The SMILES string of the molecule is CN1C(=O)Cc2cc(C(=O)CCCN)ccc21. The van der Waals surface area contributed by atoms with E-state index >= 15 is 0 Å². The Kier molecular flexibility index (Phi) is 3.24. The van der Waals surface area contributed by atoms with Crippen LogP contribution in [0.15, 0.2) is 18.2 Å². The Morgan fingerprint density at radius 2 is 2.24 bits per heavy atom. The number of amides is 1. The minimum absolute atomic E-state index is 0.0755. The maximum atomic E-state index is 11.8.